The minimum absolute atomic E-state index is 0.292. The van der Waals surface area contributed by atoms with Gasteiger partial charge in [0, 0.05) is 22.1 Å². The molecule has 0 aliphatic heterocycles. The van der Waals surface area contributed by atoms with Crippen LogP contribution in [-0.2, 0) is 0 Å². The predicted molar refractivity (Wildman–Crippen MR) is 118 cm³/mol. The Kier molecular flexibility index (Phi) is 5.15. The number of benzene rings is 4. The van der Waals surface area contributed by atoms with E-state index in [-0.39, 0.29) is 5.82 Å². The van der Waals surface area contributed by atoms with Gasteiger partial charge < -0.3 is 0 Å². The highest BCUT2D eigenvalue weighted by molar-refractivity contribution is 5.86. The molecule has 0 unspecified atom stereocenters. The molecule has 0 aromatic heterocycles. The van der Waals surface area contributed by atoms with Crippen LogP contribution in [0.3, 0.4) is 0 Å². The fourth-order valence-corrected chi connectivity index (χ4v) is 3.02. The molecule has 0 amide bonds. The number of hydrogen-bond donors (Lipinski definition) is 0. The van der Waals surface area contributed by atoms with Gasteiger partial charge in [-0.2, -0.15) is 0 Å². The molecule has 0 saturated carbocycles. The van der Waals surface area contributed by atoms with Crippen LogP contribution in [0.4, 0.5) is 4.39 Å². The van der Waals surface area contributed by atoms with E-state index in [1.54, 1.807) is 12.1 Å². The van der Waals surface area contributed by atoms with Crippen LogP contribution in [0.2, 0.25) is 0 Å². The molecule has 0 nitrogen and oxygen atoms in total. The number of rotatable bonds is 0. The molecule has 0 bridgehead atoms. The van der Waals surface area contributed by atoms with Gasteiger partial charge in [-0.05, 0) is 61.7 Å². The molecule has 138 valence electrons. The molecule has 0 aliphatic carbocycles. The first-order valence-corrected chi connectivity index (χ1v) is 9.48. The highest BCUT2D eigenvalue weighted by Gasteiger charge is 2.06. The molecule has 0 heterocycles. The van der Waals surface area contributed by atoms with Crippen molar-refractivity contribution in [2.45, 2.75) is 13.8 Å². The Bertz CT molecular complexity index is 1300. The van der Waals surface area contributed by atoms with Crippen molar-refractivity contribution in [1.82, 2.24) is 0 Å². The molecule has 29 heavy (non-hydrogen) atoms. The summed E-state index contributed by atoms with van der Waals surface area (Å²) in [5, 5.41) is 1.38. The Labute approximate surface area is 171 Å². The van der Waals surface area contributed by atoms with Gasteiger partial charge >= 0.3 is 0 Å². The van der Waals surface area contributed by atoms with Crippen molar-refractivity contribution in [2.24, 2.45) is 0 Å². The lowest BCUT2D eigenvalue weighted by Crippen LogP contribution is -1.88. The van der Waals surface area contributed by atoms with Gasteiger partial charge in [0.05, 0.1) is 5.56 Å². The third kappa shape index (κ3) is 4.37. The van der Waals surface area contributed by atoms with Gasteiger partial charge in [-0.25, -0.2) is 4.39 Å². The average molecular weight is 374 g/mol. The third-order valence-electron chi connectivity index (χ3n) is 4.75. The van der Waals surface area contributed by atoms with E-state index in [0.29, 0.717) is 10.9 Å². The fourth-order valence-electron chi connectivity index (χ4n) is 3.02. The zero-order chi connectivity index (χ0) is 20.2. The summed E-state index contributed by atoms with van der Waals surface area (Å²) >= 11 is 0. The van der Waals surface area contributed by atoms with E-state index in [0.717, 1.165) is 22.1 Å². The van der Waals surface area contributed by atoms with E-state index in [9.17, 15) is 4.39 Å². The van der Waals surface area contributed by atoms with Crippen LogP contribution in [0.1, 0.15) is 33.4 Å². The number of hydrogen-bond acceptors (Lipinski definition) is 0. The summed E-state index contributed by atoms with van der Waals surface area (Å²) in [6.45, 7) is 4.08. The van der Waals surface area contributed by atoms with Gasteiger partial charge in [-0.1, -0.05) is 71.2 Å². The number of halogens is 1. The van der Waals surface area contributed by atoms with Gasteiger partial charge in [0.1, 0.15) is 5.82 Å². The first-order valence-electron chi connectivity index (χ1n) is 9.48. The smallest absolute Gasteiger partial charge is 0.146 e. The molecule has 4 rings (SSSR count). The van der Waals surface area contributed by atoms with Crippen molar-refractivity contribution in [3.05, 3.63) is 118 Å². The lowest BCUT2D eigenvalue weighted by Gasteiger charge is -2.03. The second-order valence-corrected chi connectivity index (χ2v) is 7.10. The van der Waals surface area contributed by atoms with Crippen LogP contribution in [-0.4, -0.2) is 0 Å². The van der Waals surface area contributed by atoms with Gasteiger partial charge in [-0.3, -0.25) is 0 Å². The van der Waals surface area contributed by atoms with Crippen LogP contribution in [0.5, 0.6) is 0 Å². The molecular formula is C28H19F. The lowest BCUT2D eigenvalue weighted by atomic mass is 10.0. The largest absolute Gasteiger partial charge is 0.205 e. The number of fused-ring (bicyclic) bond motifs is 1. The Hall–Kier alpha value is -3.81. The van der Waals surface area contributed by atoms with Crippen LogP contribution in [0.15, 0.2) is 78.9 Å². The molecule has 4 aromatic carbocycles. The third-order valence-corrected chi connectivity index (χ3v) is 4.75. The molecule has 0 N–H and O–H groups in total. The maximum absolute atomic E-state index is 14.9. The van der Waals surface area contributed by atoms with Crippen molar-refractivity contribution in [3.63, 3.8) is 0 Å². The maximum atomic E-state index is 14.9. The molecular weight excluding hydrogens is 355 g/mol. The molecule has 0 spiro atoms. The summed E-state index contributed by atoms with van der Waals surface area (Å²) in [5.41, 5.74) is 5.47. The molecule has 0 atom stereocenters. The van der Waals surface area contributed by atoms with Gasteiger partial charge in [0.2, 0.25) is 0 Å². The highest BCUT2D eigenvalue weighted by atomic mass is 19.1. The van der Waals surface area contributed by atoms with Crippen LogP contribution in [0, 0.1) is 43.3 Å². The summed E-state index contributed by atoms with van der Waals surface area (Å²) in [6.07, 6.45) is 0. The summed E-state index contributed by atoms with van der Waals surface area (Å²) in [4.78, 5) is 0. The maximum Gasteiger partial charge on any atom is 0.146 e. The summed E-state index contributed by atoms with van der Waals surface area (Å²) in [6, 6.07) is 25.1. The van der Waals surface area contributed by atoms with E-state index in [1.807, 2.05) is 73.7 Å². The lowest BCUT2D eigenvalue weighted by molar-refractivity contribution is 0.636. The minimum Gasteiger partial charge on any atom is -0.205 e. The van der Waals surface area contributed by atoms with Crippen molar-refractivity contribution in [1.29, 1.82) is 0 Å². The van der Waals surface area contributed by atoms with E-state index in [1.165, 1.54) is 11.1 Å². The Morgan fingerprint density at radius 2 is 1.07 bits per heavy atom. The van der Waals surface area contributed by atoms with Crippen molar-refractivity contribution in [3.8, 4) is 23.7 Å². The van der Waals surface area contributed by atoms with E-state index in [2.05, 4.69) is 30.6 Å². The van der Waals surface area contributed by atoms with Gasteiger partial charge in [0.25, 0.3) is 0 Å². The standard InChI is InChI=1S/C28H19F/c1-20-3-7-22(8-4-20)11-12-24-14-18-27-26(19-24)17-16-25(28(27)29)15-13-23-9-5-21(2)6-10-23/h3-10,14,16-19H,1-2H3. The Balaban J connectivity index is 1.64. The second kappa shape index (κ2) is 8.05. The molecule has 0 aliphatic rings. The SMILES string of the molecule is Cc1ccc(C#Cc2ccc3c(F)c(C#Cc4ccc(C)cc4)ccc3c2)cc1. The summed E-state index contributed by atoms with van der Waals surface area (Å²) in [7, 11) is 0. The zero-order valence-electron chi connectivity index (χ0n) is 16.4. The quantitative estimate of drug-likeness (QED) is 0.313. The van der Waals surface area contributed by atoms with Crippen LogP contribution < -0.4 is 0 Å². The van der Waals surface area contributed by atoms with Crippen LogP contribution >= 0.6 is 0 Å². The van der Waals surface area contributed by atoms with Crippen molar-refractivity contribution in [2.75, 3.05) is 0 Å². The first kappa shape index (κ1) is 18.5. The molecule has 1 heteroatoms. The summed E-state index contributed by atoms with van der Waals surface area (Å²) < 4.78 is 14.9. The number of aryl methyl sites for hydroxylation is 2. The van der Waals surface area contributed by atoms with E-state index < -0.39 is 0 Å². The van der Waals surface area contributed by atoms with E-state index in [4.69, 9.17) is 0 Å². The van der Waals surface area contributed by atoms with Crippen molar-refractivity contribution < 1.29 is 4.39 Å². The van der Waals surface area contributed by atoms with Gasteiger partial charge in [0.15, 0.2) is 0 Å². The molecule has 0 radical (unpaired) electrons. The molecule has 4 aromatic rings. The van der Waals surface area contributed by atoms with E-state index >= 15 is 0 Å². The average Bonchev–Trinajstić information content (AvgIpc) is 2.74. The van der Waals surface area contributed by atoms with Crippen molar-refractivity contribution >= 4 is 10.8 Å². The molecule has 0 saturated heterocycles. The Morgan fingerprint density at radius 1 is 0.552 bits per heavy atom. The zero-order valence-corrected chi connectivity index (χ0v) is 16.4. The van der Waals surface area contributed by atoms with Crippen LogP contribution in [0.25, 0.3) is 10.8 Å². The predicted octanol–water partition coefficient (Wildman–Crippen LogP) is 6.40. The minimum atomic E-state index is -0.292. The summed E-state index contributed by atoms with van der Waals surface area (Å²) in [5.74, 6) is 12.0. The van der Waals surface area contributed by atoms with Gasteiger partial charge in [-0.15, -0.1) is 0 Å². The first-order chi connectivity index (χ1) is 14.1. The monoisotopic (exact) mass is 374 g/mol. The fraction of sp³-hybridized carbons (Fsp3) is 0.0714. The second-order valence-electron chi connectivity index (χ2n) is 7.10. The topological polar surface area (TPSA) is 0 Å². The molecule has 0 fully saturated rings. The normalized spacial score (nSPS) is 10.0. The Morgan fingerprint density at radius 3 is 1.69 bits per heavy atom. The highest BCUT2D eigenvalue weighted by Crippen LogP contribution is 2.22.